The minimum atomic E-state index is -0.491. The Kier molecular flexibility index (Phi) is 4.22. The molecule has 2 aromatic carbocycles. The average Bonchev–Trinajstić information content (AvgIpc) is 3.11. The highest BCUT2D eigenvalue weighted by atomic mass is 35.5. The summed E-state index contributed by atoms with van der Waals surface area (Å²) in [6.07, 6.45) is 3.36. The van der Waals surface area contributed by atoms with Gasteiger partial charge < -0.3 is 4.98 Å². The maximum atomic E-state index is 13.5. The molecule has 0 saturated heterocycles. The molecule has 0 saturated carbocycles. The first-order chi connectivity index (χ1) is 12.6. The van der Waals surface area contributed by atoms with Gasteiger partial charge in [0.05, 0.1) is 16.4 Å². The van der Waals surface area contributed by atoms with Gasteiger partial charge in [-0.3, -0.25) is 4.98 Å². The number of imidazole rings is 1. The fraction of sp³-hybridized carbons (Fsp3) is 0. The number of aromatic nitrogens is 3. The van der Waals surface area contributed by atoms with Gasteiger partial charge in [0.15, 0.2) is 0 Å². The number of benzene rings is 2. The Bertz CT molecular complexity index is 1060. The highest BCUT2D eigenvalue weighted by Gasteiger charge is 2.16. The molecule has 3 nitrogen and oxygen atoms in total. The van der Waals surface area contributed by atoms with Gasteiger partial charge in [-0.25, -0.2) is 13.8 Å². The van der Waals surface area contributed by atoms with Gasteiger partial charge in [-0.05, 0) is 54.6 Å². The number of halogens is 3. The minimum absolute atomic E-state index is 0.0210. The molecule has 1 N–H and O–H groups in total. The van der Waals surface area contributed by atoms with E-state index in [1.165, 1.54) is 24.3 Å². The van der Waals surface area contributed by atoms with Crippen molar-refractivity contribution in [3.05, 3.63) is 83.6 Å². The molecule has 4 aromatic rings. The normalized spacial score (nSPS) is 10.9. The van der Waals surface area contributed by atoms with Crippen molar-refractivity contribution in [2.24, 2.45) is 0 Å². The molecule has 2 heterocycles. The second kappa shape index (κ2) is 6.69. The van der Waals surface area contributed by atoms with Crippen molar-refractivity contribution >= 4 is 11.6 Å². The van der Waals surface area contributed by atoms with E-state index in [1.54, 1.807) is 30.6 Å². The summed E-state index contributed by atoms with van der Waals surface area (Å²) in [5.74, 6) is -0.270. The first-order valence-electron chi connectivity index (χ1n) is 7.83. The lowest BCUT2D eigenvalue weighted by Gasteiger charge is -2.02. The van der Waals surface area contributed by atoms with Crippen LogP contribution in [0.5, 0.6) is 0 Å². The summed E-state index contributed by atoms with van der Waals surface area (Å²) in [6, 6.07) is 14.2. The van der Waals surface area contributed by atoms with Crippen LogP contribution in [-0.2, 0) is 0 Å². The maximum absolute atomic E-state index is 13.5. The van der Waals surface area contributed by atoms with E-state index in [2.05, 4.69) is 15.0 Å². The standard InChI is InChI=1S/C20H12ClF2N3/c21-16-11-14(3-6-17(16)23)20-25-18(12-1-4-15(22)5-2-12)19(26-20)13-7-9-24-10-8-13/h1-11H,(H,25,26). The molecular weight excluding hydrogens is 356 g/mol. The van der Waals surface area contributed by atoms with Crippen molar-refractivity contribution in [2.75, 3.05) is 0 Å². The van der Waals surface area contributed by atoms with Crippen molar-refractivity contribution in [3.63, 3.8) is 0 Å². The Labute approximate surface area is 153 Å². The lowest BCUT2D eigenvalue weighted by atomic mass is 10.1. The number of hydrogen-bond donors (Lipinski definition) is 1. The molecule has 0 aliphatic heterocycles. The molecule has 0 atom stereocenters. The smallest absolute Gasteiger partial charge is 0.141 e. The Balaban J connectivity index is 1.90. The lowest BCUT2D eigenvalue weighted by Crippen LogP contribution is -1.84. The molecular formula is C20H12ClF2N3. The highest BCUT2D eigenvalue weighted by Crippen LogP contribution is 2.33. The molecule has 0 aliphatic carbocycles. The number of nitrogens with one attached hydrogen (secondary N) is 1. The van der Waals surface area contributed by atoms with E-state index in [9.17, 15) is 8.78 Å². The van der Waals surface area contributed by atoms with E-state index in [4.69, 9.17) is 11.6 Å². The Morgan fingerprint density at radius 1 is 0.808 bits per heavy atom. The number of H-pyrrole nitrogens is 1. The number of hydrogen-bond acceptors (Lipinski definition) is 2. The number of nitrogens with zero attached hydrogens (tertiary/aromatic N) is 2. The summed E-state index contributed by atoms with van der Waals surface area (Å²) in [6.45, 7) is 0. The third kappa shape index (κ3) is 3.09. The molecule has 128 valence electrons. The van der Waals surface area contributed by atoms with Crippen LogP contribution in [0.25, 0.3) is 33.9 Å². The zero-order valence-corrected chi connectivity index (χ0v) is 14.1. The predicted molar refractivity (Wildman–Crippen MR) is 97.6 cm³/mol. The van der Waals surface area contributed by atoms with Crippen LogP contribution in [0, 0.1) is 11.6 Å². The zero-order chi connectivity index (χ0) is 18.1. The third-order valence-corrected chi connectivity index (χ3v) is 4.27. The summed E-state index contributed by atoms with van der Waals surface area (Å²) in [4.78, 5) is 11.9. The van der Waals surface area contributed by atoms with Crippen molar-refractivity contribution in [2.45, 2.75) is 0 Å². The SMILES string of the molecule is Fc1ccc(-c2nc(-c3ccc(F)c(Cl)c3)[nH]c2-c2ccncc2)cc1. The van der Waals surface area contributed by atoms with Crippen LogP contribution in [0.3, 0.4) is 0 Å². The molecule has 6 heteroatoms. The van der Waals surface area contributed by atoms with E-state index in [0.29, 0.717) is 17.1 Å². The van der Waals surface area contributed by atoms with Crippen molar-refractivity contribution in [3.8, 4) is 33.9 Å². The van der Waals surface area contributed by atoms with Gasteiger partial charge in [0.25, 0.3) is 0 Å². The first-order valence-corrected chi connectivity index (χ1v) is 8.21. The molecule has 0 radical (unpaired) electrons. The molecule has 4 rings (SSSR count). The molecule has 0 unspecified atom stereocenters. The van der Waals surface area contributed by atoms with Gasteiger partial charge in [0.2, 0.25) is 0 Å². The van der Waals surface area contributed by atoms with Crippen molar-refractivity contribution in [1.82, 2.24) is 15.0 Å². The van der Waals surface area contributed by atoms with Gasteiger partial charge in [0, 0.05) is 29.1 Å². The molecule has 0 amide bonds. The number of aromatic amines is 1. The fourth-order valence-corrected chi connectivity index (χ4v) is 2.88. The van der Waals surface area contributed by atoms with Gasteiger partial charge in [-0.2, -0.15) is 0 Å². The van der Waals surface area contributed by atoms with Gasteiger partial charge in [-0.15, -0.1) is 0 Å². The summed E-state index contributed by atoms with van der Waals surface area (Å²) in [7, 11) is 0. The van der Waals surface area contributed by atoms with Crippen LogP contribution in [-0.4, -0.2) is 15.0 Å². The minimum Gasteiger partial charge on any atom is -0.337 e. The second-order valence-corrected chi connectivity index (χ2v) is 6.09. The largest absolute Gasteiger partial charge is 0.337 e. The Morgan fingerprint density at radius 3 is 2.19 bits per heavy atom. The molecule has 0 bridgehead atoms. The first kappa shape index (κ1) is 16.4. The van der Waals surface area contributed by atoms with E-state index < -0.39 is 5.82 Å². The molecule has 0 fully saturated rings. The fourth-order valence-electron chi connectivity index (χ4n) is 2.70. The van der Waals surface area contributed by atoms with Crippen molar-refractivity contribution in [1.29, 1.82) is 0 Å². The van der Waals surface area contributed by atoms with Crippen LogP contribution < -0.4 is 0 Å². The van der Waals surface area contributed by atoms with Crippen LogP contribution in [0.2, 0.25) is 5.02 Å². The Morgan fingerprint density at radius 2 is 1.50 bits per heavy atom. The second-order valence-electron chi connectivity index (χ2n) is 5.68. The number of rotatable bonds is 3. The Hall–Kier alpha value is -3.05. The predicted octanol–water partition coefficient (Wildman–Crippen LogP) is 5.74. The average molecular weight is 368 g/mol. The van der Waals surface area contributed by atoms with Crippen molar-refractivity contribution < 1.29 is 8.78 Å². The van der Waals surface area contributed by atoms with Crippen LogP contribution in [0.4, 0.5) is 8.78 Å². The third-order valence-electron chi connectivity index (χ3n) is 3.98. The summed E-state index contributed by atoms with van der Waals surface area (Å²) in [5.41, 5.74) is 3.71. The number of pyridine rings is 1. The summed E-state index contributed by atoms with van der Waals surface area (Å²) < 4.78 is 26.8. The molecule has 0 aliphatic rings. The van der Waals surface area contributed by atoms with Crippen LogP contribution >= 0.6 is 11.6 Å². The summed E-state index contributed by atoms with van der Waals surface area (Å²) in [5, 5.41) is 0.0210. The van der Waals surface area contributed by atoms with Crippen LogP contribution in [0.15, 0.2) is 67.0 Å². The van der Waals surface area contributed by atoms with E-state index >= 15 is 0 Å². The quantitative estimate of drug-likeness (QED) is 0.502. The van der Waals surface area contributed by atoms with E-state index in [1.807, 2.05) is 12.1 Å². The molecule has 0 spiro atoms. The highest BCUT2D eigenvalue weighted by molar-refractivity contribution is 6.31. The topological polar surface area (TPSA) is 41.6 Å². The lowest BCUT2D eigenvalue weighted by molar-refractivity contribution is 0.628. The monoisotopic (exact) mass is 367 g/mol. The van der Waals surface area contributed by atoms with Gasteiger partial charge >= 0.3 is 0 Å². The van der Waals surface area contributed by atoms with Crippen LogP contribution in [0.1, 0.15) is 0 Å². The summed E-state index contributed by atoms with van der Waals surface area (Å²) >= 11 is 5.90. The van der Waals surface area contributed by atoms with E-state index in [-0.39, 0.29) is 10.8 Å². The molecule has 2 aromatic heterocycles. The zero-order valence-electron chi connectivity index (χ0n) is 13.4. The van der Waals surface area contributed by atoms with E-state index in [0.717, 1.165) is 16.8 Å². The van der Waals surface area contributed by atoms with Gasteiger partial charge in [-0.1, -0.05) is 11.6 Å². The van der Waals surface area contributed by atoms with Gasteiger partial charge in [0.1, 0.15) is 17.5 Å². The molecule has 26 heavy (non-hydrogen) atoms. The maximum Gasteiger partial charge on any atom is 0.141 e.